The molecule has 0 unspecified atom stereocenters. The average molecular weight is 495 g/mol. The van der Waals surface area contributed by atoms with Crippen molar-refractivity contribution in [3.05, 3.63) is 71.3 Å². The first-order valence-corrected chi connectivity index (χ1v) is 13.1. The van der Waals surface area contributed by atoms with Crippen LogP contribution in [-0.4, -0.2) is 33.7 Å². The number of fused-ring (bicyclic) bond motifs is 1. The largest absolute Gasteiger partial charge is 0.352 e. The van der Waals surface area contributed by atoms with E-state index in [2.05, 4.69) is 22.3 Å². The molecule has 3 N–H and O–H groups in total. The van der Waals surface area contributed by atoms with Gasteiger partial charge in [-0.3, -0.25) is 4.79 Å². The second-order valence-corrected chi connectivity index (χ2v) is 10.1. The monoisotopic (exact) mass is 494 g/mol. The number of rotatable bonds is 9. The van der Waals surface area contributed by atoms with Gasteiger partial charge in [0.1, 0.15) is 5.82 Å². The number of carbonyl (C=O) groups excluding carboxylic acids is 1. The summed E-state index contributed by atoms with van der Waals surface area (Å²) in [5, 5.41) is 12.9. The average Bonchev–Trinajstić information content (AvgIpc) is 3.32. The van der Waals surface area contributed by atoms with Crippen LogP contribution in [0.15, 0.2) is 53.4 Å². The van der Waals surface area contributed by atoms with Gasteiger partial charge in [0.2, 0.25) is 15.9 Å². The number of aryl methyl sites for hydroxylation is 3. The second-order valence-electron chi connectivity index (χ2n) is 8.55. The predicted molar refractivity (Wildman–Crippen MR) is 135 cm³/mol. The molecule has 184 valence electrons. The summed E-state index contributed by atoms with van der Waals surface area (Å²) in [5.74, 6) is 0.657. The van der Waals surface area contributed by atoms with Crippen molar-refractivity contribution in [3.8, 4) is 5.69 Å². The summed E-state index contributed by atoms with van der Waals surface area (Å²) >= 11 is 0. The number of nitrogens with two attached hydrogens (primary N) is 1. The fourth-order valence-electron chi connectivity index (χ4n) is 4.25. The van der Waals surface area contributed by atoms with Gasteiger partial charge < -0.3 is 9.88 Å². The molecule has 0 bridgehead atoms. The molecule has 4 rings (SSSR count). The van der Waals surface area contributed by atoms with Gasteiger partial charge in [-0.25, -0.2) is 23.2 Å². The van der Waals surface area contributed by atoms with Crippen molar-refractivity contribution >= 4 is 27.0 Å². The van der Waals surface area contributed by atoms with Crippen molar-refractivity contribution in [1.82, 2.24) is 24.6 Å². The third-order valence-corrected chi connectivity index (χ3v) is 6.97. The predicted octanol–water partition coefficient (Wildman–Crippen LogP) is 3.15. The molecular formula is C25H30N6O3S. The van der Waals surface area contributed by atoms with Gasteiger partial charge in [-0.2, -0.15) is 5.10 Å². The molecule has 9 nitrogen and oxygen atoms in total. The Labute approximate surface area is 205 Å². The number of hydrogen-bond donors (Lipinski definition) is 2. The third kappa shape index (κ3) is 5.28. The lowest BCUT2D eigenvalue weighted by atomic mass is 10.2. The number of aromatic nitrogens is 4. The number of nitrogens with one attached hydrogen (secondary N) is 1. The Morgan fingerprint density at radius 2 is 1.86 bits per heavy atom. The van der Waals surface area contributed by atoms with Crippen LogP contribution in [0.3, 0.4) is 0 Å². The molecule has 0 aliphatic carbocycles. The Bertz CT molecular complexity index is 1470. The van der Waals surface area contributed by atoms with E-state index in [0.29, 0.717) is 18.5 Å². The third-order valence-electron chi connectivity index (χ3n) is 6.05. The number of benzene rings is 2. The number of primary sulfonamides is 1. The number of nitrogens with zero attached hydrogens (tertiary/aromatic N) is 4. The molecule has 2 aromatic carbocycles. The molecule has 10 heteroatoms. The van der Waals surface area contributed by atoms with Crippen LogP contribution in [0, 0.1) is 13.8 Å². The van der Waals surface area contributed by atoms with E-state index in [9.17, 15) is 13.2 Å². The first kappa shape index (κ1) is 24.6. The summed E-state index contributed by atoms with van der Waals surface area (Å²) in [6.07, 6.45) is 1.58. The topological polar surface area (TPSA) is 125 Å². The van der Waals surface area contributed by atoms with Crippen LogP contribution in [0.25, 0.3) is 16.7 Å². The highest BCUT2D eigenvalue weighted by Gasteiger charge is 2.17. The Kier molecular flexibility index (Phi) is 7.04. The van der Waals surface area contributed by atoms with E-state index in [0.717, 1.165) is 46.9 Å². The summed E-state index contributed by atoms with van der Waals surface area (Å²) in [4.78, 5) is 17.3. The SMILES string of the molecule is CCCn1c(CCC(=O)NCc2c(C)nn(-c3ccccc3)c2C)nc2cc(S(N)(=O)=O)ccc21. The normalized spacial score (nSPS) is 11.8. The molecule has 2 heterocycles. The number of carbonyl (C=O) groups is 1. The van der Waals surface area contributed by atoms with Crippen molar-refractivity contribution in [2.24, 2.45) is 5.14 Å². The molecule has 4 aromatic rings. The molecular weight excluding hydrogens is 464 g/mol. The van der Waals surface area contributed by atoms with Crippen LogP contribution >= 0.6 is 0 Å². The Morgan fingerprint density at radius 3 is 2.54 bits per heavy atom. The van der Waals surface area contributed by atoms with Gasteiger partial charge in [0.05, 0.1) is 27.3 Å². The molecule has 0 saturated heterocycles. The van der Waals surface area contributed by atoms with Crippen LogP contribution in [0.1, 0.15) is 42.5 Å². The maximum atomic E-state index is 12.7. The molecule has 0 saturated carbocycles. The highest BCUT2D eigenvalue weighted by molar-refractivity contribution is 7.89. The van der Waals surface area contributed by atoms with Gasteiger partial charge >= 0.3 is 0 Å². The van der Waals surface area contributed by atoms with Gasteiger partial charge in [-0.15, -0.1) is 0 Å². The van der Waals surface area contributed by atoms with E-state index >= 15 is 0 Å². The minimum Gasteiger partial charge on any atom is -0.352 e. The van der Waals surface area contributed by atoms with Crippen LogP contribution in [0.5, 0.6) is 0 Å². The lowest BCUT2D eigenvalue weighted by molar-refractivity contribution is -0.121. The van der Waals surface area contributed by atoms with Crippen LogP contribution in [-0.2, 0) is 34.3 Å². The van der Waals surface area contributed by atoms with E-state index in [1.807, 2.05) is 53.4 Å². The fourth-order valence-corrected chi connectivity index (χ4v) is 4.79. The smallest absolute Gasteiger partial charge is 0.238 e. The zero-order valence-corrected chi connectivity index (χ0v) is 21.0. The van der Waals surface area contributed by atoms with Crippen molar-refractivity contribution < 1.29 is 13.2 Å². The van der Waals surface area contributed by atoms with Crippen LogP contribution in [0.2, 0.25) is 0 Å². The van der Waals surface area contributed by atoms with E-state index in [1.165, 1.54) is 12.1 Å². The number of para-hydroxylation sites is 1. The molecule has 0 fully saturated rings. The zero-order chi connectivity index (χ0) is 25.2. The standard InChI is InChI=1S/C25H30N6O3S/c1-4-14-30-23-11-10-20(35(26,33)34)15-22(23)28-24(30)12-13-25(32)27-16-21-17(2)29-31(18(21)3)19-8-6-5-7-9-19/h5-11,15H,4,12-14,16H2,1-3H3,(H,27,32)(H2,26,33,34). The fraction of sp³-hybridized carbons (Fsp3) is 0.320. The zero-order valence-electron chi connectivity index (χ0n) is 20.2. The van der Waals surface area contributed by atoms with Gasteiger partial charge in [-0.05, 0) is 50.6 Å². The van der Waals surface area contributed by atoms with Gasteiger partial charge in [0.25, 0.3) is 0 Å². The van der Waals surface area contributed by atoms with Crippen molar-refractivity contribution in [1.29, 1.82) is 0 Å². The molecule has 0 aliphatic heterocycles. The number of amides is 1. The molecule has 2 aromatic heterocycles. The molecule has 0 aliphatic rings. The number of imidazole rings is 1. The van der Waals surface area contributed by atoms with Gasteiger partial charge in [0.15, 0.2) is 0 Å². The van der Waals surface area contributed by atoms with E-state index in [1.54, 1.807) is 6.07 Å². The highest BCUT2D eigenvalue weighted by Crippen LogP contribution is 2.22. The molecule has 35 heavy (non-hydrogen) atoms. The van der Waals surface area contributed by atoms with E-state index in [-0.39, 0.29) is 17.2 Å². The number of hydrogen-bond acceptors (Lipinski definition) is 5. The minimum atomic E-state index is -3.81. The maximum absolute atomic E-state index is 12.7. The summed E-state index contributed by atoms with van der Waals surface area (Å²) < 4.78 is 27.3. The minimum absolute atomic E-state index is 0.0252. The van der Waals surface area contributed by atoms with Crippen molar-refractivity contribution in [2.75, 3.05) is 0 Å². The quantitative estimate of drug-likeness (QED) is 0.370. The molecule has 1 amide bonds. The van der Waals surface area contributed by atoms with E-state index in [4.69, 9.17) is 5.14 Å². The Hall–Kier alpha value is -3.50. The van der Waals surface area contributed by atoms with E-state index < -0.39 is 10.0 Å². The summed E-state index contributed by atoms with van der Waals surface area (Å²) in [6.45, 7) is 7.11. The Morgan fingerprint density at radius 1 is 1.11 bits per heavy atom. The maximum Gasteiger partial charge on any atom is 0.238 e. The molecule has 0 spiro atoms. The van der Waals surface area contributed by atoms with Crippen LogP contribution < -0.4 is 10.5 Å². The van der Waals surface area contributed by atoms with Crippen molar-refractivity contribution in [3.63, 3.8) is 0 Å². The first-order chi connectivity index (χ1) is 16.7. The summed E-state index contributed by atoms with van der Waals surface area (Å²) in [6, 6.07) is 14.6. The van der Waals surface area contributed by atoms with Gasteiger partial charge in [0, 0.05) is 37.2 Å². The lowest BCUT2D eigenvalue weighted by Crippen LogP contribution is -2.24. The Balaban J connectivity index is 1.46. The highest BCUT2D eigenvalue weighted by atomic mass is 32.2. The van der Waals surface area contributed by atoms with Gasteiger partial charge in [-0.1, -0.05) is 25.1 Å². The molecule has 0 radical (unpaired) electrons. The number of sulfonamides is 1. The lowest BCUT2D eigenvalue weighted by Gasteiger charge is -2.09. The second kappa shape index (κ2) is 10.0. The van der Waals surface area contributed by atoms with Crippen LogP contribution in [0.4, 0.5) is 0 Å². The summed E-state index contributed by atoms with van der Waals surface area (Å²) in [5.41, 5.74) is 5.22. The van der Waals surface area contributed by atoms with Crippen molar-refractivity contribution in [2.45, 2.75) is 58.0 Å². The summed E-state index contributed by atoms with van der Waals surface area (Å²) in [7, 11) is -3.81. The first-order valence-electron chi connectivity index (χ1n) is 11.6. The molecule has 0 atom stereocenters.